The van der Waals surface area contributed by atoms with Crippen LogP contribution in [0.15, 0.2) is 176 Å². The van der Waals surface area contributed by atoms with Gasteiger partial charge >= 0.3 is 0 Å². The second-order valence-electron chi connectivity index (χ2n) is 18.3. The van der Waals surface area contributed by atoms with Crippen LogP contribution in [0.2, 0.25) is 0 Å². The van der Waals surface area contributed by atoms with E-state index in [2.05, 4.69) is 140 Å². The molecule has 8 heteroatoms. The van der Waals surface area contributed by atoms with Gasteiger partial charge in [-0.05, 0) is 89.4 Å². The van der Waals surface area contributed by atoms with Crippen molar-refractivity contribution < 1.29 is 34.6 Å². The molecule has 0 amide bonds. The second kappa shape index (κ2) is 17.7. The summed E-state index contributed by atoms with van der Waals surface area (Å²) in [5.41, 5.74) is 13.5. The number of fused-ring (bicyclic) bond motifs is 4. The van der Waals surface area contributed by atoms with E-state index >= 15 is 0 Å². The van der Waals surface area contributed by atoms with E-state index in [1.54, 1.807) is 0 Å². The number of hydrogen-bond acceptors (Lipinski definition) is 4. The number of nitrogens with zero attached hydrogens (tertiary/aromatic N) is 4. The topological polar surface area (TPSA) is 33.5 Å². The Kier molecular flexibility index (Phi) is 11.6. The molecule has 1 aliphatic rings. The number of aryl methyl sites for hydroxylation is 2. The van der Waals surface area contributed by atoms with Crippen LogP contribution in [0.4, 0.5) is 31.5 Å². The van der Waals surface area contributed by atoms with E-state index in [0.717, 1.165) is 89.8 Å². The number of anilines is 4. The summed E-state index contributed by atoms with van der Waals surface area (Å²) in [6, 6.07) is 62.4. The van der Waals surface area contributed by atoms with Gasteiger partial charge in [0.05, 0.1) is 0 Å². The summed E-state index contributed by atoms with van der Waals surface area (Å²) in [6.07, 6.45) is 1.88. The van der Waals surface area contributed by atoms with Gasteiger partial charge in [0.15, 0.2) is 0 Å². The summed E-state index contributed by atoms with van der Waals surface area (Å²) in [5.74, 6) is 0.549. The first kappa shape index (κ1) is 44.5. The number of pyridine rings is 1. The molecule has 68 heavy (non-hydrogen) atoms. The molecule has 0 atom stereocenters. The van der Waals surface area contributed by atoms with Crippen LogP contribution in [0.3, 0.4) is 0 Å². The molecule has 0 radical (unpaired) electrons. The normalized spacial score (nSPS) is 12.4. The minimum absolute atomic E-state index is 0. The molecule has 0 aliphatic carbocycles. The molecule has 0 spiro atoms. The smallest absolute Gasteiger partial charge is 0.135 e. The number of ether oxygens (including phenoxy) is 1. The fraction of sp³-hybridized carbons (Fsp3) is 0.100. The molecule has 0 unspecified atom stereocenters. The van der Waals surface area contributed by atoms with Crippen molar-refractivity contribution in [1.29, 1.82) is 0 Å². The van der Waals surface area contributed by atoms with Gasteiger partial charge in [-0.3, -0.25) is 0 Å². The third-order valence-corrected chi connectivity index (χ3v) is 12.4. The molecule has 0 saturated carbocycles. The van der Waals surface area contributed by atoms with Gasteiger partial charge in [0, 0.05) is 78.5 Å². The molecule has 5 nitrogen and oxygen atoms in total. The maximum atomic E-state index is 15.0. The zero-order chi connectivity index (χ0) is 46.0. The fourth-order valence-electron chi connectivity index (χ4n) is 9.40. The monoisotopic (exact) mass is 1070 g/mol. The predicted molar refractivity (Wildman–Crippen MR) is 269 cm³/mol. The van der Waals surface area contributed by atoms with Crippen LogP contribution in [0, 0.1) is 44.3 Å². The standard InChI is InChI=1S/C60H45F2N4O.Pt/c1-38-26-39(2)28-41(27-38)42-31-47(35-49(32-42)67-48-22-23-53-52-16-9-10-19-54(52)66(57(53)36-48)58-33-44(24-25-63-58)60(3,4)5)64-37-65(56-21-12-11-20-55(56)64)59-50(40-14-7-6-8-15-40)17-13-18-51(59)43-29-45(61)34-46(62)30-43;/h6-34,37H,1-5H3;/q-3;. The zero-order valence-corrected chi connectivity index (χ0v) is 40.4. The van der Waals surface area contributed by atoms with Gasteiger partial charge in [0.25, 0.3) is 0 Å². The van der Waals surface area contributed by atoms with Crippen LogP contribution in [-0.4, -0.2) is 9.55 Å². The Morgan fingerprint density at radius 1 is 0.559 bits per heavy atom. The van der Waals surface area contributed by atoms with Crippen molar-refractivity contribution >= 4 is 44.6 Å². The van der Waals surface area contributed by atoms with Crippen LogP contribution in [0.25, 0.3) is 61.0 Å². The molecule has 338 valence electrons. The van der Waals surface area contributed by atoms with Gasteiger partial charge < -0.3 is 19.1 Å². The number of aromatic nitrogens is 2. The summed E-state index contributed by atoms with van der Waals surface area (Å²) in [7, 11) is 0. The molecule has 0 N–H and O–H groups in total. The van der Waals surface area contributed by atoms with Crippen molar-refractivity contribution in [2.75, 3.05) is 9.80 Å². The maximum Gasteiger partial charge on any atom is 0.135 e. The third-order valence-electron chi connectivity index (χ3n) is 12.4. The Hall–Kier alpha value is -7.34. The second-order valence-corrected chi connectivity index (χ2v) is 18.3. The predicted octanol–water partition coefficient (Wildman–Crippen LogP) is 16.2. The van der Waals surface area contributed by atoms with Crippen LogP contribution in [0.1, 0.15) is 37.5 Å². The Labute approximate surface area is 410 Å². The molecule has 8 aromatic carbocycles. The molecule has 0 bridgehead atoms. The Morgan fingerprint density at radius 2 is 1.22 bits per heavy atom. The van der Waals surface area contributed by atoms with Gasteiger partial charge in [-0.2, -0.15) is 6.07 Å². The van der Waals surface area contributed by atoms with Crippen molar-refractivity contribution in [2.24, 2.45) is 0 Å². The van der Waals surface area contributed by atoms with E-state index in [9.17, 15) is 8.78 Å². The van der Waals surface area contributed by atoms with E-state index in [0.29, 0.717) is 22.6 Å². The van der Waals surface area contributed by atoms with Crippen molar-refractivity contribution in [3.63, 3.8) is 0 Å². The minimum atomic E-state index is -0.645. The first-order valence-electron chi connectivity index (χ1n) is 22.4. The molecular weight excluding hydrogens is 1030 g/mol. The molecule has 11 rings (SSSR count). The van der Waals surface area contributed by atoms with E-state index in [-0.39, 0.29) is 26.5 Å². The van der Waals surface area contributed by atoms with E-state index < -0.39 is 11.6 Å². The SMILES string of the molecule is Cc1cc(C)cc(-c2cc(Oc3[c-]c4c(cc3)c3ccccc3n4-c3cc(C(C)(C)C)ccn3)[c-]c(N3[CH-]N(c4c(-c5ccccc5)cccc4-c4cc(F)cc(F)c4)c4ccccc43)c2)c1.[Pt]. The summed E-state index contributed by atoms with van der Waals surface area (Å²) in [4.78, 5) is 9.08. The molecule has 0 saturated heterocycles. The number of para-hydroxylation sites is 4. The average Bonchev–Trinajstić information content (AvgIpc) is 3.87. The van der Waals surface area contributed by atoms with Gasteiger partial charge in [-0.15, -0.1) is 53.6 Å². The Morgan fingerprint density at radius 3 is 1.96 bits per heavy atom. The fourth-order valence-corrected chi connectivity index (χ4v) is 9.40. The summed E-state index contributed by atoms with van der Waals surface area (Å²) in [5, 5.41) is 2.14. The molecule has 3 heterocycles. The maximum absolute atomic E-state index is 15.0. The van der Waals surface area contributed by atoms with Crippen LogP contribution < -0.4 is 14.5 Å². The largest absolute Gasteiger partial charge is 0.509 e. The van der Waals surface area contributed by atoms with Gasteiger partial charge in [-0.1, -0.05) is 134 Å². The summed E-state index contributed by atoms with van der Waals surface area (Å²) in [6.45, 7) is 12.9. The summed E-state index contributed by atoms with van der Waals surface area (Å²) < 4.78 is 39.0. The third kappa shape index (κ3) is 8.26. The van der Waals surface area contributed by atoms with Crippen LogP contribution >= 0.6 is 0 Å². The number of benzene rings is 8. The molecule has 0 fully saturated rings. The minimum Gasteiger partial charge on any atom is -0.509 e. The molecule has 10 aromatic rings. The van der Waals surface area contributed by atoms with Crippen LogP contribution in [-0.2, 0) is 26.5 Å². The van der Waals surface area contributed by atoms with Gasteiger partial charge in [0.1, 0.15) is 17.5 Å². The zero-order valence-electron chi connectivity index (χ0n) is 38.1. The average molecular weight is 1070 g/mol. The van der Waals surface area contributed by atoms with E-state index in [1.165, 1.54) is 17.7 Å². The van der Waals surface area contributed by atoms with Crippen molar-refractivity contribution in [3.05, 3.63) is 223 Å². The number of hydrogen-bond donors (Lipinski definition) is 0. The Bertz CT molecular complexity index is 3500. The van der Waals surface area contributed by atoms with Crippen molar-refractivity contribution in [1.82, 2.24) is 9.55 Å². The Balaban J connectivity index is 0.00000539. The first-order valence-corrected chi connectivity index (χ1v) is 22.4. The molecule has 1 aliphatic heterocycles. The first-order chi connectivity index (χ1) is 32.4. The van der Waals surface area contributed by atoms with Gasteiger partial charge in [-0.25, -0.2) is 13.8 Å². The van der Waals surface area contributed by atoms with Crippen molar-refractivity contribution in [2.45, 2.75) is 40.0 Å². The van der Waals surface area contributed by atoms with E-state index in [4.69, 9.17) is 9.72 Å². The quantitative estimate of drug-likeness (QED) is 0.142. The number of halogens is 2. The molecular formula is C60H45F2N4OPt-3. The summed E-state index contributed by atoms with van der Waals surface area (Å²) >= 11 is 0. The van der Waals surface area contributed by atoms with Crippen LogP contribution in [0.5, 0.6) is 11.5 Å². The van der Waals surface area contributed by atoms with Gasteiger partial charge in [0.2, 0.25) is 0 Å². The van der Waals surface area contributed by atoms with E-state index in [1.807, 2.05) is 85.7 Å². The van der Waals surface area contributed by atoms with Crippen molar-refractivity contribution in [3.8, 4) is 50.7 Å². The molecule has 2 aromatic heterocycles. The number of rotatable bonds is 8.